The molecule has 2 saturated heterocycles. The van der Waals surface area contributed by atoms with Crippen LogP contribution < -0.4 is 9.80 Å². The molecule has 0 saturated carbocycles. The molecule has 31 heavy (non-hydrogen) atoms. The van der Waals surface area contributed by atoms with Crippen molar-refractivity contribution in [3.05, 3.63) is 47.4 Å². The fraction of sp³-hybridized carbons (Fsp3) is 0.476. The Morgan fingerprint density at radius 1 is 1.00 bits per heavy atom. The van der Waals surface area contributed by atoms with Crippen molar-refractivity contribution >= 4 is 29.0 Å². The minimum Gasteiger partial charge on any atom is -0.368 e. The summed E-state index contributed by atoms with van der Waals surface area (Å²) in [7, 11) is 0. The summed E-state index contributed by atoms with van der Waals surface area (Å²) in [4.78, 5) is 27.0. The van der Waals surface area contributed by atoms with Crippen LogP contribution in [0.3, 0.4) is 0 Å². The van der Waals surface area contributed by atoms with Gasteiger partial charge in [0.25, 0.3) is 0 Å². The third kappa shape index (κ3) is 4.87. The molecule has 1 amide bonds. The number of rotatable bonds is 3. The van der Waals surface area contributed by atoms with Crippen LogP contribution in [0, 0.1) is 5.92 Å². The van der Waals surface area contributed by atoms with Gasteiger partial charge in [-0.25, -0.2) is 4.98 Å². The van der Waals surface area contributed by atoms with Crippen molar-refractivity contribution < 1.29 is 18.0 Å². The molecule has 0 unspecified atom stereocenters. The number of anilines is 2. The van der Waals surface area contributed by atoms with Crippen LogP contribution >= 0.6 is 11.6 Å². The van der Waals surface area contributed by atoms with Crippen LogP contribution in [0.15, 0.2) is 36.8 Å². The fourth-order valence-electron chi connectivity index (χ4n) is 4.15. The van der Waals surface area contributed by atoms with Crippen molar-refractivity contribution in [3.63, 3.8) is 0 Å². The molecular weight excluding hydrogens is 431 g/mol. The first-order valence-electron chi connectivity index (χ1n) is 10.2. The van der Waals surface area contributed by atoms with Gasteiger partial charge < -0.3 is 14.7 Å². The highest BCUT2D eigenvalue weighted by molar-refractivity contribution is 6.33. The molecule has 2 aliphatic rings. The van der Waals surface area contributed by atoms with Gasteiger partial charge in [0.05, 0.1) is 10.6 Å². The number of hydrogen-bond acceptors (Lipinski definition) is 5. The van der Waals surface area contributed by atoms with Crippen molar-refractivity contribution in [2.75, 3.05) is 49.1 Å². The molecule has 10 heteroatoms. The van der Waals surface area contributed by atoms with Crippen molar-refractivity contribution in [2.24, 2.45) is 5.92 Å². The van der Waals surface area contributed by atoms with Gasteiger partial charge in [0, 0.05) is 69.5 Å². The number of aromatic nitrogens is 2. The lowest BCUT2D eigenvalue weighted by molar-refractivity contribution is -0.138. The molecule has 0 N–H and O–H groups in total. The monoisotopic (exact) mass is 453 g/mol. The van der Waals surface area contributed by atoms with Crippen molar-refractivity contribution in [1.29, 1.82) is 0 Å². The van der Waals surface area contributed by atoms with E-state index in [-0.39, 0.29) is 16.8 Å². The van der Waals surface area contributed by atoms with Gasteiger partial charge in [-0.15, -0.1) is 0 Å². The van der Waals surface area contributed by atoms with Gasteiger partial charge in [-0.3, -0.25) is 9.78 Å². The summed E-state index contributed by atoms with van der Waals surface area (Å²) in [5.74, 6) is 0.406. The zero-order valence-electron chi connectivity index (χ0n) is 16.9. The minimum atomic E-state index is -4.48. The number of carbonyl (C=O) groups excluding carboxylic acids is 1. The standard InChI is InChI=1S/C21H23ClF3N5O/c22-18-13-16(21(23,24)25)14-27-19(18)29-7-3-15(4-8-29)20(31)30-11-9-28(10-12-30)17-1-5-26-6-2-17/h1-2,5-6,13-15H,3-4,7-12H2. The SMILES string of the molecule is O=C(C1CCN(c2ncc(C(F)(F)F)cc2Cl)CC1)N1CCN(c2ccncc2)CC1. The third-order valence-electron chi connectivity index (χ3n) is 5.91. The fourth-order valence-corrected chi connectivity index (χ4v) is 4.44. The Hall–Kier alpha value is -2.55. The maximum Gasteiger partial charge on any atom is 0.417 e. The molecule has 6 nitrogen and oxygen atoms in total. The average Bonchev–Trinajstić information content (AvgIpc) is 2.79. The van der Waals surface area contributed by atoms with E-state index in [1.54, 1.807) is 12.4 Å². The Labute approximate surface area is 183 Å². The lowest BCUT2D eigenvalue weighted by Crippen LogP contribution is -2.51. The summed E-state index contributed by atoms with van der Waals surface area (Å²) in [5.41, 5.74) is 0.244. The van der Waals surface area contributed by atoms with Crippen molar-refractivity contribution in [3.8, 4) is 0 Å². The van der Waals surface area contributed by atoms with Crippen LogP contribution in [0.4, 0.5) is 24.7 Å². The van der Waals surface area contributed by atoms with Gasteiger partial charge in [0.2, 0.25) is 5.91 Å². The van der Waals surface area contributed by atoms with Crippen molar-refractivity contribution in [1.82, 2.24) is 14.9 Å². The summed E-state index contributed by atoms with van der Waals surface area (Å²) in [6.45, 7) is 3.97. The van der Waals surface area contributed by atoms with Gasteiger partial charge in [-0.1, -0.05) is 11.6 Å². The summed E-state index contributed by atoms with van der Waals surface area (Å²) in [5, 5.41) is -0.0214. The van der Waals surface area contributed by atoms with E-state index in [1.165, 1.54) is 0 Å². The quantitative estimate of drug-likeness (QED) is 0.709. The summed E-state index contributed by atoms with van der Waals surface area (Å²) < 4.78 is 38.5. The molecule has 0 bridgehead atoms. The Balaban J connectivity index is 1.31. The second kappa shape index (κ2) is 8.90. The van der Waals surface area contributed by atoms with E-state index in [4.69, 9.17) is 11.6 Å². The van der Waals surface area contributed by atoms with Crippen LogP contribution in [0.2, 0.25) is 5.02 Å². The van der Waals surface area contributed by atoms with Crippen LogP contribution in [-0.2, 0) is 11.0 Å². The van der Waals surface area contributed by atoms with Gasteiger partial charge in [0.15, 0.2) is 0 Å². The van der Waals surface area contributed by atoms with Crippen LogP contribution in [0.1, 0.15) is 18.4 Å². The van der Waals surface area contributed by atoms with Gasteiger partial charge >= 0.3 is 6.18 Å². The molecule has 2 fully saturated rings. The van der Waals surface area contributed by atoms with E-state index >= 15 is 0 Å². The minimum absolute atomic E-state index is 0.0214. The number of hydrogen-bond donors (Lipinski definition) is 0. The molecule has 0 aromatic carbocycles. The number of alkyl halides is 3. The summed E-state index contributed by atoms with van der Waals surface area (Å²) >= 11 is 6.07. The zero-order valence-corrected chi connectivity index (χ0v) is 17.6. The maximum absolute atomic E-state index is 13.0. The first kappa shape index (κ1) is 21.7. The van der Waals surface area contributed by atoms with Gasteiger partial charge in [0.1, 0.15) is 5.82 Å². The Morgan fingerprint density at radius 2 is 1.65 bits per heavy atom. The second-order valence-electron chi connectivity index (χ2n) is 7.81. The predicted octanol–water partition coefficient (Wildman–Crippen LogP) is 3.71. The van der Waals surface area contributed by atoms with Gasteiger partial charge in [-0.2, -0.15) is 13.2 Å². The number of amides is 1. The molecule has 4 heterocycles. The molecule has 4 rings (SSSR count). The highest BCUT2D eigenvalue weighted by Gasteiger charge is 2.34. The molecule has 166 valence electrons. The number of halogens is 4. The molecular formula is C21H23ClF3N5O. The molecule has 0 radical (unpaired) electrons. The topological polar surface area (TPSA) is 52.6 Å². The van der Waals surface area contributed by atoms with Crippen LogP contribution in [0.5, 0.6) is 0 Å². The maximum atomic E-state index is 13.0. The molecule has 0 aliphatic carbocycles. The highest BCUT2D eigenvalue weighted by Crippen LogP contribution is 2.35. The zero-order chi connectivity index (χ0) is 22.0. The first-order chi connectivity index (χ1) is 14.8. The number of carbonyl (C=O) groups is 1. The Morgan fingerprint density at radius 3 is 2.23 bits per heavy atom. The van der Waals surface area contributed by atoms with E-state index in [0.29, 0.717) is 44.8 Å². The lowest BCUT2D eigenvalue weighted by atomic mass is 9.95. The van der Waals surface area contributed by atoms with Crippen LogP contribution in [-0.4, -0.2) is 60.0 Å². The number of piperazine rings is 1. The lowest BCUT2D eigenvalue weighted by Gasteiger charge is -2.39. The molecule has 0 spiro atoms. The second-order valence-corrected chi connectivity index (χ2v) is 8.21. The van der Waals surface area contributed by atoms with E-state index in [1.807, 2.05) is 21.9 Å². The molecule has 2 aromatic heterocycles. The summed E-state index contributed by atoms with van der Waals surface area (Å²) in [6.07, 6.45) is 1.11. The predicted molar refractivity (Wildman–Crippen MR) is 112 cm³/mol. The third-order valence-corrected chi connectivity index (χ3v) is 6.19. The Kier molecular flexibility index (Phi) is 6.22. The highest BCUT2D eigenvalue weighted by atomic mass is 35.5. The summed E-state index contributed by atoms with van der Waals surface area (Å²) in [6, 6.07) is 4.84. The van der Waals surface area contributed by atoms with Crippen molar-refractivity contribution in [2.45, 2.75) is 19.0 Å². The van der Waals surface area contributed by atoms with Gasteiger partial charge in [-0.05, 0) is 31.0 Å². The Bertz CT molecular complexity index is 911. The number of nitrogens with zero attached hydrogens (tertiary/aromatic N) is 5. The first-order valence-corrected chi connectivity index (χ1v) is 10.6. The molecule has 2 aliphatic heterocycles. The molecule has 0 atom stereocenters. The van der Waals surface area contributed by atoms with Crippen LogP contribution in [0.25, 0.3) is 0 Å². The largest absolute Gasteiger partial charge is 0.417 e. The smallest absolute Gasteiger partial charge is 0.368 e. The molecule has 2 aromatic rings. The van der Waals surface area contributed by atoms with E-state index in [2.05, 4.69) is 14.9 Å². The van der Waals surface area contributed by atoms with E-state index in [0.717, 1.165) is 31.0 Å². The number of piperidine rings is 1. The number of pyridine rings is 2. The normalized spacial score (nSPS) is 18.4. The van der Waals surface area contributed by atoms with E-state index < -0.39 is 11.7 Å². The van der Waals surface area contributed by atoms with E-state index in [9.17, 15) is 18.0 Å². The average molecular weight is 454 g/mol.